The Hall–Kier alpha value is -2.28. The van der Waals surface area contributed by atoms with Gasteiger partial charge in [0, 0.05) is 24.4 Å². The van der Waals surface area contributed by atoms with E-state index in [9.17, 15) is 0 Å². The predicted octanol–water partition coefficient (Wildman–Crippen LogP) is 2.44. The lowest BCUT2D eigenvalue weighted by atomic mass is 10.2. The number of aromatic nitrogens is 3. The zero-order valence-electron chi connectivity index (χ0n) is 12.7. The maximum absolute atomic E-state index is 6.00. The topological polar surface area (TPSA) is 95.2 Å². The number of methoxy groups -OCH3 is 1. The number of nitrogens with one attached hydrogen (secondary N) is 1. The summed E-state index contributed by atoms with van der Waals surface area (Å²) in [5.74, 6) is 1.15. The Morgan fingerprint density at radius 2 is 2.14 bits per heavy atom. The van der Waals surface area contributed by atoms with Gasteiger partial charge >= 0.3 is 6.01 Å². The minimum Gasteiger partial charge on any atom is -0.496 e. The number of halogens is 1. The Labute approximate surface area is 133 Å². The average Bonchev–Trinajstić information content (AvgIpc) is 2.50. The van der Waals surface area contributed by atoms with Gasteiger partial charge in [-0.15, -0.1) is 0 Å². The molecule has 2 heterocycles. The summed E-state index contributed by atoms with van der Waals surface area (Å²) in [6, 6.07) is 1.94. The van der Waals surface area contributed by atoms with E-state index in [1.165, 1.54) is 0 Å². The van der Waals surface area contributed by atoms with E-state index in [-0.39, 0.29) is 6.01 Å². The molecule has 118 valence electrons. The highest BCUT2D eigenvalue weighted by Gasteiger charge is 2.11. The highest BCUT2D eigenvalue weighted by molar-refractivity contribution is 6.29. The SMILES string of the molecule is CCOc1nc(C)c(N)c(NCc2cnc(Cl)cc2OC)n1. The van der Waals surface area contributed by atoms with E-state index in [0.717, 1.165) is 5.56 Å². The summed E-state index contributed by atoms with van der Waals surface area (Å²) in [6.07, 6.45) is 1.64. The first-order valence-corrected chi connectivity index (χ1v) is 7.12. The molecule has 0 spiro atoms. The third kappa shape index (κ3) is 3.67. The minimum atomic E-state index is 0.290. The molecule has 0 unspecified atom stereocenters. The molecule has 0 aliphatic carbocycles. The monoisotopic (exact) mass is 323 g/mol. The van der Waals surface area contributed by atoms with Gasteiger partial charge in [0.2, 0.25) is 0 Å². The van der Waals surface area contributed by atoms with Crippen molar-refractivity contribution >= 4 is 23.1 Å². The van der Waals surface area contributed by atoms with Crippen LogP contribution in [0.5, 0.6) is 11.8 Å². The molecule has 0 aliphatic heterocycles. The van der Waals surface area contributed by atoms with Gasteiger partial charge in [0.05, 0.1) is 25.1 Å². The van der Waals surface area contributed by atoms with Gasteiger partial charge in [-0.3, -0.25) is 0 Å². The zero-order valence-corrected chi connectivity index (χ0v) is 13.4. The molecular weight excluding hydrogens is 306 g/mol. The fraction of sp³-hybridized carbons (Fsp3) is 0.357. The van der Waals surface area contributed by atoms with E-state index in [0.29, 0.717) is 41.3 Å². The number of nitrogen functional groups attached to an aromatic ring is 1. The Balaban J connectivity index is 2.21. The summed E-state index contributed by atoms with van der Waals surface area (Å²) in [7, 11) is 1.57. The van der Waals surface area contributed by atoms with Crippen LogP contribution in [0.4, 0.5) is 11.5 Å². The second kappa shape index (κ2) is 7.13. The largest absolute Gasteiger partial charge is 0.496 e. The first-order chi connectivity index (χ1) is 10.5. The van der Waals surface area contributed by atoms with E-state index in [1.54, 1.807) is 26.3 Å². The number of pyridine rings is 1. The Morgan fingerprint density at radius 1 is 1.36 bits per heavy atom. The summed E-state index contributed by atoms with van der Waals surface area (Å²) in [4.78, 5) is 12.5. The fourth-order valence-corrected chi connectivity index (χ4v) is 1.98. The van der Waals surface area contributed by atoms with Gasteiger partial charge in [0.1, 0.15) is 10.9 Å². The zero-order chi connectivity index (χ0) is 16.1. The number of aryl methyl sites for hydroxylation is 1. The van der Waals surface area contributed by atoms with E-state index in [2.05, 4.69) is 20.3 Å². The van der Waals surface area contributed by atoms with Crippen LogP contribution in [0.15, 0.2) is 12.3 Å². The standard InChI is InChI=1S/C14H18ClN5O2/c1-4-22-14-19-8(2)12(16)13(20-14)18-7-9-6-17-11(15)5-10(9)21-3/h5-6H,4,7,16H2,1-3H3,(H,18,19,20). The molecule has 0 saturated carbocycles. The Morgan fingerprint density at radius 3 is 2.82 bits per heavy atom. The maximum atomic E-state index is 6.00. The number of ether oxygens (including phenoxy) is 2. The van der Waals surface area contributed by atoms with E-state index in [1.807, 2.05) is 6.92 Å². The molecule has 0 aliphatic rings. The van der Waals surface area contributed by atoms with E-state index >= 15 is 0 Å². The molecule has 7 nitrogen and oxygen atoms in total. The molecule has 0 saturated heterocycles. The van der Waals surface area contributed by atoms with Crippen molar-refractivity contribution in [3.63, 3.8) is 0 Å². The molecule has 8 heteroatoms. The quantitative estimate of drug-likeness (QED) is 0.788. The molecule has 2 aromatic heterocycles. The van der Waals surface area contributed by atoms with Gasteiger partial charge in [-0.05, 0) is 13.8 Å². The van der Waals surface area contributed by atoms with Crippen LogP contribution < -0.4 is 20.5 Å². The van der Waals surface area contributed by atoms with Crippen molar-refractivity contribution in [3.05, 3.63) is 28.7 Å². The van der Waals surface area contributed by atoms with Crippen LogP contribution >= 0.6 is 11.6 Å². The van der Waals surface area contributed by atoms with Crippen LogP contribution in [0.2, 0.25) is 5.15 Å². The minimum absolute atomic E-state index is 0.290. The van der Waals surface area contributed by atoms with Crippen molar-refractivity contribution in [1.29, 1.82) is 0 Å². The highest BCUT2D eigenvalue weighted by atomic mass is 35.5. The third-order valence-corrected chi connectivity index (χ3v) is 3.17. The van der Waals surface area contributed by atoms with Crippen molar-refractivity contribution in [2.75, 3.05) is 24.8 Å². The van der Waals surface area contributed by atoms with Gasteiger partial charge < -0.3 is 20.5 Å². The summed E-state index contributed by atoms with van der Waals surface area (Å²) in [6.45, 7) is 4.58. The van der Waals surface area contributed by atoms with Crippen molar-refractivity contribution in [2.24, 2.45) is 0 Å². The first-order valence-electron chi connectivity index (χ1n) is 6.74. The number of nitrogens with two attached hydrogens (primary N) is 1. The van der Waals surface area contributed by atoms with Gasteiger partial charge in [-0.25, -0.2) is 4.98 Å². The van der Waals surface area contributed by atoms with Gasteiger partial charge in [-0.1, -0.05) is 11.6 Å². The number of hydrogen-bond donors (Lipinski definition) is 2. The second-order valence-electron chi connectivity index (χ2n) is 4.46. The molecule has 2 aromatic rings. The Kier molecular flexibility index (Phi) is 5.21. The summed E-state index contributed by atoms with van der Waals surface area (Å²) in [5, 5.41) is 3.52. The Bertz CT molecular complexity index is 666. The third-order valence-electron chi connectivity index (χ3n) is 2.97. The van der Waals surface area contributed by atoms with E-state index < -0.39 is 0 Å². The van der Waals surface area contributed by atoms with Crippen LogP contribution in [0.3, 0.4) is 0 Å². The summed E-state index contributed by atoms with van der Waals surface area (Å²) in [5.41, 5.74) is 7.96. The predicted molar refractivity (Wildman–Crippen MR) is 85.5 cm³/mol. The van der Waals surface area contributed by atoms with Crippen molar-refractivity contribution in [2.45, 2.75) is 20.4 Å². The first kappa shape index (κ1) is 16.1. The van der Waals surface area contributed by atoms with Crippen LogP contribution in [0.1, 0.15) is 18.2 Å². The van der Waals surface area contributed by atoms with Gasteiger partial charge in [-0.2, -0.15) is 9.97 Å². The maximum Gasteiger partial charge on any atom is 0.318 e. The average molecular weight is 324 g/mol. The van der Waals surface area contributed by atoms with Crippen molar-refractivity contribution in [1.82, 2.24) is 15.0 Å². The lowest BCUT2D eigenvalue weighted by molar-refractivity contribution is 0.312. The number of nitrogens with zero attached hydrogens (tertiary/aromatic N) is 3. The van der Waals surface area contributed by atoms with Crippen LogP contribution in [0.25, 0.3) is 0 Å². The molecule has 0 amide bonds. The van der Waals surface area contributed by atoms with Crippen LogP contribution in [0, 0.1) is 6.92 Å². The molecule has 0 fully saturated rings. The van der Waals surface area contributed by atoms with Crippen molar-refractivity contribution < 1.29 is 9.47 Å². The molecular formula is C14H18ClN5O2. The molecule has 0 aromatic carbocycles. The summed E-state index contributed by atoms with van der Waals surface area (Å²) < 4.78 is 10.6. The lowest BCUT2D eigenvalue weighted by Crippen LogP contribution is -2.10. The fourth-order valence-electron chi connectivity index (χ4n) is 1.83. The smallest absolute Gasteiger partial charge is 0.318 e. The van der Waals surface area contributed by atoms with Gasteiger partial charge in [0.15, 0.2) is 5.82 Å². The highest BCUT2D eigenvalue weighted by Crippen LogP contribution is 2.25. The molecule has 0 radical (unpaired) electrons. The molecule has 3 N–H and O–H groups in total. The molecule has 22 heavy (non-hydrogen) atoms. The molecule has 0 bridgehead atoms. The van der Waals surface area contributed by atoms with Crippen LogP contribution in [-0.2, 0) is 6.54 Å². The van der Waals surface area contributed by atoms with E-state index in [4.69, 9.17) is 26.8 Å². The normalized spacial score (nSPS) is 10.4. The summed E-state index contributed by atoms with van der Waals surface area (Å²) >= 11 is 5.85. The second-order valence-corrected chi connectivity index (χ2v) is 4.85. The number of rotatable bonds is 6. The van der Waals surface area contributed by atoms with Crippen molar-refractivity contribution in [3.8, 4) is 11.8 Å². The molecule has 2 rings (SSSR count). The van der Waals surface area contributed by atoms with Crippen LogP contribution in [-0.4, -0.2) is 28.7 Å². The lowest BCUT2D eigenvalue weighted by Gasteiger charge is -2.13. The number of anilines is 2. The number of hydrogen-bond acceptors (Lipinski definition) is 7. The molecule has 0 atom stereocenters. The van der Waals surface area contributed by atoms with Gasteiger partial charge in [0.25, 0.3) is 0 Å².